The maximum Gasteiger partial charge on any atom is 0.358 e. The second-order valence-electron chi connectivity index (χ2n) is 4.13. The molecule has 0 aliphatic rings. The molecule has 0 fully saturated rings. The Labute approximate surface area is 112 Å². The summed E-state index contributed by atoms with van der Waals surface area (Å²) < 4.78 is 2.57. The number of hydrogen-bond donors (Lipinski definition) is 1. The van der Waals surface area contributed by atoms with Gasteiger partial charge in [-0.2, -0.15) is 0 Å². The third-order valence-electron chi connectivity index (χ3n) is 2.82. The van der Waals surface area contributed by atoms with Crippen LogP contribution in [0.3, 0.4) is 0 Å². The van der Waals surface area contributed by atoms with Gasteiger partial charge in [-0.25, -0.2) is 14.5 Å². The summed E-state index contributed by atoms with van der Waals surface area (Å²) in [6.07, 6.45) is 0. The van der Waals surface area contributed by atoms with Gasteiger partial charge in [0, 0.05) is 0 Å². The van der Waals surface area contributed by atoms with E-state index in [1.165, 1.54) is 4.68 Å². The van der Waals surface area contributed by atoms with Crippen LogP contribution in [0.1, 0.15) is 21.2 Å². The summed E-state index contributed by atoms with van der Waals surface area (Å²) in [5, 5.41) is 17.5. The van der Waals surface area contributed by atoms with Gasteiger partial charge in [0.25, 0.3) is 0 Å². The average Bonchev–Trinajstić information content (AvgIpc) is 2.89. The molecule has 0 bridgehead atoms. The molecule has 0 spiro atoms. The highest BCUT2D eigenvalue weighted by Crippen LogP contribution is 2.24. The van der Waals surface area contributed by atoms with Crippen LogP contribution in [-0.4, -0.2) is 31.1 Å². The molecule has 0 aliphatic heterocycles. The van der Waals surface area contributed by atoms with Crippen LogP contribution in [-0.2, 0) is 0 Å². The van der Waals surface area contributed by atoms with E-state index in [4.69, 9.17) is 5.11 Å². The fraction of sp³-hybridized carbons (Fsp3) is 0.167. The SMILES string of the molecule is Cc1nc2ccc(-n3nnc(C(=O)O)c3C)cc2s1. The molecular formula is C12H10N4O2S. The third-order valence-corrected chi connectivity index (χ3v) is 3.75. The fourth-order valence-electron chi connectivity index (χ4n) is 1.93. The van der Waals surface area contributed by atoms with E-state index in [2.05, 4.69) is 15.3 Å². The zero-order chi connectivity index (χ0) is 13.6. The van der Waals surface area contributed by atoms with Gasteiger partial charge >= 0.3 is 5.97 Å². The summed E-state index contributed by atoms with van der Waals surface area (Å²) in [6.45, 7) is 3.64. The van der Waals surface area contributed by atoms with Crippen LogP contribution in [0.2, 0.25) is 0 Å². The minimum atomic E-state index is -1.07. The minimum absolute atomic E-state index is 0.0272. The second kappa shape index (κ2) is 4.13. The number of benzene rings is 1. The molecule has 0 aliphatic carbocycles. The molecule has 0 atom stereocenters. The highest BCUT2D eigenvalue weighted by Gasteiger charge is 2.16. The zero-order valence-electron chi connectivity index (χ0n) is 10.3. The van der Waals surface area contributed by atoms with Crippen LogP contribution in [0, 0.1) is 13.8 Å². The van der Waals surface area contributed by atoms with Crippen molar-refractivity contribution in [3.8, 4) is 5.69 Å². The maximum atomic E-state index is 11.0. The Morgan fingerprint density at radius 1 is 1.37 bits per heavy atom. The standard InChI is InChI=1S/C12H10N4O2S/c1-6-11(12(17)18)14-15-16(6)8-3-4-9-10(5-8)19-7(2)13-9/h3-5H,1-2H3,(H,17,18). The molecule has 19 heavy (non-hydrogen) atoms. The topological polar surface area (TPSA) is 80.9 Å². The number of aromatic carboxylic acids is 1. The average molecular weight is 274 g/mol. The van der Waals surface area contributed by atoms with Crippen molar-refractivity contribution in [1.29, 1.82) is 0 Å². The van der Waals surface area contributed by atoms with E-state index >= 15 is 0 Å². The molecule has 3 aromatic rings. The van der Waals surface area contributed by atoms with Crippen molar-refractivity contribution < 1.29 is 9.90 Å². The lowest BCUT2D eigenvalue weighted by Crippen LogP contribution is -2.02. The number of thiazole rings is 1. The number of carboxylic acid groups (broad SMARTS) is 1. The number of nitrogens with zero attached hydrogens (tertiary/aromatic N) is 4. The molecular weight excluding hydrogens is 264 g/mol. The summed E-state index contributed by atoms with van der Waals surface area (Å²) in [4.78, 5) is 15.3. The van der Waals surface area contributed by atoms with Crippen LogP contribution in [0.25, 0.3) is 15.9 Å². The Kier molecular flexibility index (Phi) is 2.56. The van der Waals surface area contributed by atoms with Crippen molar-refractivity contribution in [2.45, 2.75) is 13.8 Å². The Hall–Kier alpha value is -2.28. The molecule has 0 radical (unpaired) electrons. The van der Waals surface area contributed by atoms with Crippen LogP contribution >= 0.6 is 11.3 Å². The number of carbonyl (C=O) groups is 1. The molecule has 1 aromatic carbocycles. The maximum absolute atomic E-state index is 11.0. The van der Waals surface area contributed by atoms with Crippen molar-refractivity contribution in [3.05, 3.63) is 34.6 Å². The van der Waals surface area contributed by atoms with E-state index in [1.807, 2.05) is 25.1 Å². The molecule has 6 nitrogen and oxygen atoms in total. The van der Waals surface area contributed by atoms with Crippen LogP contribution in [0.15, 0.2) is 18.2 Å². The van der Waals surface area contributed by atoms with E-state index in [-0.39, 0.29) is 5.69 Å². The third kappa shape index (κ3) is 1.88. The van der Waals surface area contributed by atoms with Gasteiger partial charge in [0.2, 0.25) is 0 Å². The van der Waals surface area contributed by atoms with E-state index in [1.54, 1.807) is 18.3 Å². The summed E-state index contributed by atoms with van der Waals surface area (Å²) in [5.74, 6) is -1.07. The van der Waals surface area contributed by atoms with Gasteiger partial charge in [-0.15, -0.1) is 16.4 Å². The van der Waals surface area contributed by atoms with E-state index < -0.39 is 5.97 Å². The lowest BCUT2D eigenvalue weighted by Gasteiger charge is -2.02. The molecule has 0 saturated heterocycles. The van der Waals surface area contributed by atoms with Gasteiger partial charge in [-0.3, -0.25) is 0 Å². The first-order valence-electron chi connectivity index (χ1n) is 5.59. The second-order valence-corrected chi connectivity index (χ2v) is 5.36. The van der Waals surface area contributed by atoms with E-state index in [9.17, 15) is 4.79 Å². The number of fused-ring (bicyclic) bond motifs is 1. The predicted molar refractivity (Wildman–Crippen MR) is 71.0 cm³/mol. The predicted octanol–water partition coefficient (Wildman–Crippen LogP) is 2.19. The van der Waals surface area contributed by atoms with Crippen molar-refractivity contribution >= 4 is 27.5 Å². The number of rotatable bonds is 2. The Morgan fingerprint density at radius 3 is 2.84 bits per heavy atom. The molecule has 7 heteroatoms. The molecule has 1 N–H and O–H groups in total. The van der Waals surface area contributed by atoms with Crippen molar-refractivity contribution in [1.82, 2.24) is 20.0 Å². The number of carboxylic acids is 1. The summed E-state index contributed by atoms with van der Waals surface area (Å²) in [7, 11) is 0. The quantitative estimate of drug-likeness (QED) is 0.774. The Bertz CT molecular complexity index is 790. The molecule has 0 unspecified atom stereocenters. The van der Waals surface area contributed by atoms with Crippen LogP contribution in [0.5, 0.6) is 0 Å². The van der Waals surface area contributed by atoms with Gasteiger partial charge in [-0.1, -0.05) is 5.21 Å². The summed E-state index contributed by atoms with van der Waals surface area (Å²) in [5.41, 5.74) is 2.20. The highest BCUT2D eigenvalue weighted by atomic mass is 32.1. The van der Waals surface area contributed by atoms with Gasteiger partial charge in [0.15, 0.2) is 5.69 Å². The molecule has 0 amide bonds. The molecule has 96 valence electrons. The van der Waals surface area contributed by atoms with Gasteiger partial charge in [0.05, 0.1) is 26.6 Å². The number of aromatic nitrogens is 4. The number of aryl methyl sites for hydroxylation is 1. The minimum Gasteiger partial charge on any atom is -0.476 e. The van der Waals surface area contributed by atoms with E-state index in [0.29, 0.717) is 5.69 Å². The van der Waals surface area contributed by atoms with Crippen LogP contribution in [0.4, 0.5) is 0 Å². The lowest BCUT2D eigenvalue weighted by molar-refractivity contribution is 0.0689. The monoisotopic (exact) mass is 274 g/mol. The highest BCUT2D eigenvalue weighted by molar-refractivity contribution is 7.18. The smallest absolute Gasteiger partial charge is 0.358 e. The fourth-order valence-corrected chi connectivity index (χ4v) is 2.79. The van der Waals surface area contributed by atoms with Crippen molar-refractivity contribution in [2.24, 2.45) is 0 Å². The largest absolute Gasteiger partial charge is 0.476 e. The molecule has 0 saturated carbocycles. The first-order valence-corrected chi connectivity index (χ1v) is 6.41. The van der Waals surface area contributed by atoms with Gasteiger partial charge in [0.1, 0.15) is 0 Å². The van der Waals surface area contributed by atoms with E-state index in [0.717, 1.165) is 20.9 Å². The first kappa shape index (κ1) is 11.8. The summed E-state index contributed by atoms with van der Waals surface area (Å²) in [6, 6.07) is 5.69. The molecule has 2 heterocycles. The molecule has 2 aromatic heterocycles. The van der Waals surface area contributed by atoms with Gasteiger partial charge in [-0.05, 0) is 32.0 Å². The first-order chi connectivity index (χ1) is 9.06. The van der Waals surface area contributed by atoms with Crippen molar-refractivity contribution in [2.75, 3.05) is 0 Å². The van der Waals surface area contributed by atoms with Crippen LogP contribution < -0.4 is 0 Å². The normalized spacial score (nSPS) is 11.1. The van der Waals surface area contributed by atoms with Gasteiger partial charge < -0.3 is 5.11 Å². The van der Waals surface area contributed by atoms with Crippen molar-refractivity contribution in [3.63, 3.8) is 0 Å². The Balaban J connectivity index is 2.16. The summed E-state index contributed by atoms with van der Waals surface area (Å²) >= 11 is 1.59. The lowest BCUT2D eigenvalue weighted by atomic mass is 10.3. The molecule has 3 rings (SSSR count). The zero-order valence-corrected chi connectivity index (χ0v) is 11.1. The number of hydrogen-bond acceptors (Lipinski definition) is 5. The Morgan fingerprint density at radius 2 is 2.16 bits per heavy atom.